The van der Waals surface area contributed by atoms with Crippen molar-refractivity contribution >= 4 is 21.6 Å². The molecule has 0 fully saturated rings. The number of rotatable bonds is 9. The predicted octanol–water partition coefficient (Wildman–Crippen LogP) is 3.83. The molecule has 30 heavy (non-hydrogen) atoms. The van der Waals surface area contributed by atoms with Gasteiger partial charge in [-0.3, -0.25) is 9.52 Å². The fourth-order valence-electron chi connectivity index (χ4n) is 2.62. The van der Waals surface area contributed by atoms with Gasteiger partial charge in [-0.25, -0.2) is 12.8 Å². The molecular weight excluding hydrogens is 407 g/mol. The predicted molar refractivity (Wildman–Crippen MR) is 113 cm³/mol. The van der Waals surface area contributed by atoms with Gasteiger partial charge >= 0.3 is 0 Å². The van der Waals surface area contributed by atoms with Gasteiger partial charge in [-0.1, -0.05) is 30.3 Å². The average Bonchev–Trinajstić information content (AvgIpc) is 2.75. The quantitative estimate of drug-likeness (QED) is 0.508. The van der Waals surface area contributed by atoms with Crippen LogP contribution in [0.1, 0.15) is 16.8 Å². The summed E-state index contributed by atoms with van der Waals surface area (Å²) in [5.41, 5.74) is 0.751. The third-order valence-corrected chi connectivity index (χ3v) is 5.55. The van der Waals surface area contributed by atoms with Crippen molar-refractivity contribution in [1.82, 2.24) is 5.32 Å². The second kappa shape index (κ2) is 9.89. The molecule has 0 bridgehead atoms. The van der Waals surface area contributed by atoms with Gasteiger partial charge in [-0.05, 0) is 55.0 Å². The van der Waals surface area contributed by atoms with E-state index < -0.39 is 15.8 Å². The van der Waals surface area contributed by atoms with E-state index in [2.05, 4.69) is 10.0 Å². The summed E-state index contributed by atoms with van der Waals surface area (Å²) in [7, 11) is -3.68. The van der Waals surface area contributed by atoms with Gasteiger partial charge in [0, 0.05) is 17.8 Å². The molecule has 8 heteroatoms. The van der Waals surface area contributed by atoms with Crippen LogP contribution in [0.25, 0.3) is 0 Å². The lowest BCUT2D eigenvalue weighted by Gasteiger charge is -2.10. The van der Waals surface area contributed by atoms with Crippen LogP contribution in [-0.2, 0) is 10.0 Å². The van der Waals surface area contributed by atoms with E-state index in [1.807, 2.05) is 0 Å². The van der Waals surface area contributed by atoms with Gasteiger partial charge in [0.25, 0.3) is 15.9 Å². The van der Waals surface area contributed by atoms with Gasteiger partial charge in [-0.15, -0.1) is 0 Å². The normalized spacial score (nSPS) is 11.0. The standard InChI is InChI=1S/C22H21FN2O4S/c23-20-9-4-5-10-21(20)29-16-6-15-24-22(26)17-11-13-18(14-12-17)25-30(27,28)19-7-2-1-3-8-19/h1-5,7-14,25H,6,15-16H2,(H,24,26). The molecule has 0 atom stereocenters. The topological polar surface area (TPSA) is 84.5 Å². The molecule has 0 saturated heterocycles. The summed E-state index contributed by atoms with van der Waals surface area (Å²) in [6.07, 6.45) is 0.509. The monoisotopic (exact) mass is 428 g/mol. The number of carbonyl (C=O) groups is 1. The first-order valence-corrected chi connectivity index (χ1v) is 10.8. The molecule has 1 amide bonds. The summed E-state index contributed by atoms with van der Waals surface area (Å²) in [5.74, 6) is -0.541. The highest BCUT2D eigenvalue weighted by atomic mass is 32.2. The highest BCUT2D eigenvalue weighted by Gasteiger charge is 2.13. The highest BCUT2D eigenvalue weighted by molar-refractivity contribution is 7.92. The van der Waals surface area contributed by atoms with E-state index in [-0.39, 0.29) is 23.2 Å². The number of nitrogens with one attached hydrogen (secondary N) is 2. The van der Waals surface area contributed by atoms with Crippen LogP contribution >= 0.6 is 0 Å². The molecule has 0 radical (unpaired) electrons. The van der Waals surface area contributed by atoms with Crippen molar-refractivity contribution < 1.29 is 22.3 Å². The zero-order chi connectivity index (χ0) is 21.4. The summed E-state index contributed by atoms with van der Waals surface area (Å²) in [5, 5.41) is 2.74. The Labute approximate surface area is 174 Å². The molecule has 0 heterocycles. The number of para-hydroxylation sites is 1. The van der Waals surface area contributed by atoms with E-state index in [1.165, 1.54) is 42.5 Å². The fourth-order valence-corrected chi connectivity index (χ4v) is 3.70. The van der Waals surface area contributed by atoms with Crippen LogP contribution < -0.4 is 14.8 Å². The molecule has 156 valence electrons. The Kier molecular flexibility index (Phi) is 7.03. The molecule has 0 aliphatic heterocycles. The molecule has 0 aliphatic carbocycles. The molecule has 0 unspecified atom stereocenters. The van der Waals surface area contributed by atoms with Crippen LogP contribution in [0.4, 0.5) is 10.1 Å². The molecule has 2 N–H and O–H groups in total. The van der Waals surface area contributed by atoms with E-state index in [1.54, 1.807) is 36.4 Å². The maximum absolute atomic E-state index is 13.4. The minimum atomic E-state index is -3.68. The van der Waals surface area contributed by atoms with Crippen LogP contribution in [0.3, 0.4) is 0 Å². The summed E-state index contributed by atoms with van der Waals surface area (Å²) in [6, 6.07) is 20.3. The maximum atomic E-state index is 13.4. The van der Waals surface area contributed by atoms with Gasteiger partial charge in [0.15, 0.2) is 11.6 Å². The molecule has 3 aromatic rings. The Morgan fingerprint density at radius 3 is 2.27 bits per heavy atom. The summed E-state index contributed by atoms with van der Waals surface area (Å²) < 4.78 is 45.9. The van der Waals surface area contributed by atoms with Crippen molar-refractivity contribution in [2.75, 3.05) is 17.9 Å². The lowest BCUT2D eigenvalue weighted by Crippen LogP contribution is -2.25. The average molecular weight is 428 g/mol. The SMILES string of the molecule is O=C(NCCCOc1ccccc1F)c1ccc(NS(=O)(=O)c2ccccc2)cc1. The van der Waals surface area contributed by atoms with Gasteiger partial charge < -0.3 is 10.1 Å². The molecule has 0 saturated carbocycles. The molecule has 0 aliphatic rings. The molecule has 3 rings (SSSR count). The Bertz CT molecular complexity index is 1090. The zero-order valence-electron chi connectivity index (χ0n) is 16.0. The largest absolute Gasteiger partial charge is 0.490 e. The molecular formula is C22H21FN2O4S. The van der Waals surface area contributed by atoms with E-state index in [9.17, 15) is 17.6 Å². The molecule has 0 spiro atoms. The minimum absolute atomic E-state index is 0.157. The van der Waals surface area contributed by atoms with E-state index >= 15 is 0 Å². The first kappa shape index (κ1) is 21.3. The number of carbonyl (C=O) groups excluding carboxylic acids is 1. The van der Waals surface area contributed by atoms with E-state index in [0.29, 0.717) is 24.2 Å². The van der Waals surface area contributed by atoms with Gasteiger partial charge in [0.1, 0.15) is 0 Å². The van der Waals surface area contributed by atoms with Gasteiger partial charge in [0.05, 0.1) is 11.5 Å². The minimum Gasteiger partial charge on any atom is -0.490 e. The number of sulfonamides is 1. The summed E-state index contributed by atoms with van der Waals surface area (Å²) >= 11 is 0. The molecule has 6 nitrogen and oxygen atoms in total. The van der Waals surface area contributed by atoms with Gasteiger partial charge in [-0.2, -0.15) is 0 Å². The lowest BCUT2D eigenvalue weighted by atomic mass is 10.2. The van der Waals surface area contributed by atoms with E-state index in [0.717, 1.165) is 0 Å². The number of amides is 1. The lowest BCUT2D eigenvalue weighted by molar-refractivity contribution is 0.0951. The third-order valence-electron chi connectivity index (χ3n) is 4.15. The van der Waals surface area contributed by atoms with Crippen molar-refractivity contribution in [1.29, 1.82) is 0 Å². The Hall–Kier alpha value is -3.39. The van der Waals surface area contributed by atoms with Crippen LogP contribution in [0.2, 0.25) is 0 Å². The second-order valence-corrected chi connectivity index (χ2v) is 8.07. The first-order chi connectivity index (χ1) is 14.5. The van der Waals surface area contributed by atoms with Crippen molar-refractivity contribution in [3.63, 3.8) is 0 Å². The highest BCUT2D eigenvalue weighted by Crippen LogP contribution is 2.17. The molecule has 0 aromatic heterocycles. The fraction of sp³-hybridized carbons (Fsp3) is 0.136. The summed E-state index contributed by atoms with van der Waals surface area (Å²) in [4.78, 5) is 12.4. The molecule has 3 aromatic carbocycles. The van der Waals surface area contributed by atoms with Gasteiger partial charge in [0.2, 0.25) is 0 Å². The number of ether oxygens (including phenoxy) is 1. The van der Waals surface area contributed by atoms with Crippen LogP contribution in [0.15, 0.2) is 83.8 Å². The van der Waals surface area contributed by atoms with Crippen molar-refractivity contribution in [2.24, 2.45) is 0 Å². The summed E-state index contributed by atoms with van der Waals surface area (Å²) in [6.45, 7) is 0.622. The van der Waals surface area contributed by atoms with Crippen LogP contribution in [0, 0.1) is 5.82 Å². The Morgan fingerprint density at radius 1 is 0.900 bits per heavy atom. The smallest absolute Gasteiger partial charge is 0.261 e. The third kappa shape index (κ3) is 5.81. The zero-order valence-corrected chi connectivity index (χ0v) is 16.9. The Balaban J connectivity index is 1.46. The van der Waals surface area contributed by atoms with E-state index in [4.69, 9.17) is 4.74 Å². The van der Waals surface area contributed by atoms with Crippen LogP contribution in [-0.4, -0.2) is 27.5 Å². The van der Waals surface area contributed by atoms with Crippen molar-refractivity contribution in [3.8, 4) is 5.75 Å². The van der Waals surface area contributed by atoms with Crippen molar-refractivity contribution in [3.05, 3.63) is 90.2 Å². The van der Waals surface area contributed by atoms with Crippen LogP contribution in [0.5, 0.6) is 5.75 Å². The number of anilines is 1. The number of hydrogen-bond acceptors (Lipinski definition) is 4. The maximum Gasteiger partial charge on any atom is 0.261 e. The number of halogens is 1. The first-order valence-electron chi connectivity index (χ1n) is 9.29. The second-order valence-electron chi connectivity index (χ2n) is 6.38. The number of hydrogen-bond donors (Lipinski definition) is 2. The number of benzene rings is 3. The van der Waals surface area contributed by atoms with Crippen molar-refractivity contribution in [2.45, 2.75) is 11.3 Å². The Morgan fingerprint density at radius 2 is 1.57 bits per heavy atom.